The van der Waals surface area contributed by atoms with Crippen molar-refractivity contribution < 1.29 is 4.79 Å². The predicted molar refractivity (Wildman–Crippen MR) is 63.9 cm³/mol. The highest BCUT2D eigenvalue weighted by molar-refractivity contribution is 5.75. The third kappa shape index (κ3) is 11.3. The monoisotopic (exact) mass is 215 g/mol. The Morgan fingerprint density at radius 1 is 1.20 bits per heavy atom. The van der Waals surface area contributed by atoms with Gasteiger partial charge in [-0.2, -0.15) is 0 Å². The van der Waals surface area contributed by atoms with Gasteiger partial charge in [-0.3, -0.25) is 4.79 Å². The van der Waals surface area contributed by atoms with E-state index in [2.05, 4.69) is 36.7 Å². The molecule has 0 aromatic rings. The smallest absolute Gasteiger partial charge is 0.221 e. The summed E-state index contributed by atoms with van der Waals surface area (Å²) in [5.41, 5.74) is 0. The molecule has 1 amide bonds. The first-order valence-corrected chi connectivity index (χ1v) is 5.87. The molecule has 0 bridgehead atoms. The molecule has 3 N–H and O–H groups in total. The van der Waals surface area contributed by atoms with E-state index in [9.17, 15) is 4.79 Å². The Morgan fingerprint density at radius 2 is 1.93 bits per heavy atom. The Balaban J connectivity index is 3.19. The van der Waals surface area contributed by atoms with E-state index in [0.29, 0.717) is 12.5 Å². The number of rotatable bonds is 9. The molecule has 0 unspecified atom stereocenters. The van der Waals surface area contributed by atoms with Crippen molar-refractivity contribution in [2.24, 2.45) is 0 Å². The minimum Gasteiger partial charge on any atom is -0.356 e. The molecule has 0 radical (unpaired) electrons. The van der Waals surface area contributed by atoms with Gasteiger partial charge in [0.25, 0.3) is 0 Å². The van der Waals surface area contributed by atoms with Crippen molar-refractivity contribution in [2.45, 2.75) is 39.7 Å². The van der Waals surface area contributed by atoms with Crippen LogP contribution in [0.4, 0.5) is 0 Å². The predicted octanol–water partition coefficient (Wildman–Crippen LogP) is 0.490. The van der Waals surface area contributed by atoms with Gasteiger partial charge < -0.3 is 16.0 Å². The topological polar surface area (TPSA) is 53.2 Å². The lowest BCUT2D eigenvalue weighted by molar-refractivity contribution is -0.121. The minimum atomic E-state index is 0.139. The highest BCUT2D eigenvalue weighted by Crippen LogP contribution is 1.82. The number of carbonyl (C=O) groups is 1. The molecular formula is C11H25N3O. The molecule has 0 aromatic heterocycles. The second-order valence-electron chi connectivity index (χ2n) is 3.92. The fourth-order valence-corrected chi connectivity index (χ4v) is 1.18. The maximum absolute atomic E-state index is 11.3. The number of hydrogen-bond donors (Lipinski definition) is 3. The molecular weight excluding hydrogens is 190 g/mol. The summed E-state index contributed by atoms with van der Waals surface area (Å²) < 4.78 is 0. The molecule has 0 rings (SSSR count). The summed E-state index contributed by atoms with van der Waals surface area (Å²) in [7, 11) is 0. The molecule has 0 spiro atoms. The SMILES string of the molecule is CCNCCCNC(=O)CCNC(C)C. The van der Waals surface area contributed by atoms with Crippen LogP contribution in [0.15, 0.2) is 0 Å². The molecule has 0 heterocycles. The minimum absolute atomic E-state index is 0.139. The zero-order valence-corrected chi connectivity index (χ0v) is 10.2. The average Bonchev–Trinajstić information content (AvgIpc) is 2.17. The molecule has 4 heteroatoms. The van der Waals surface area contributed by atoms with Gasteiger partial charge in [0.05, 0.1) is 0 Å². The van der Waals surface area contributed by atoms with Gasteiger partial charge in [0.2, 0.25) is 5.91 Å². The molecule has 15 heavy (non-hydrogen) atoms. The van der Waals surface area contributed by atoms with Gasteiger partial charge in [0, 0.05) is 25.6 Å². The second kappa shape index (κ2) is 9.93. The molecule has 0 saturated heterocycles. The highest BCUT2D eigenvalue weighted by atomic mass is 16.1. The van der Waals surface area contributed by atoms with Crippen LogP contribution in [0.25, 0.3) is 0 Å². The average molecular weight is 215 g/mol. The quantitative estimate of drug-likeness (QED) is 0.491. The summed E-state index contributed by atoms with van der Waals surface area (Å²) in [6.07, 6.45) is 1.57. The first-order valence-electron chi connectivity index (χ1n) is 5.87. The van der Waals surface area contributed by atoms with Crippen LogP contribution < -0.4 is 16.0 Å². The van der Waals surface area contributed by atoms with Gasteiger partial charge in [0.15, 0.2) is 0 Å². The third-order valence-electron chi connectivity index (χ3n) is 2.01. The summed E-state index contributed by atoms with van der Waals surface area (Å²) >= 11 is 0. The van der Waals surface area contributed by atoms with Gasteiger partial charge in [0.1, 0.15) is 0 Å². The fraction of sp³-hybridized carbons (Fsp3) is 0.909. The number of nitrogens with one attached hydrogen (secondary N) is 3. The van der Waals surface area contributed by atoms with Gasteiger partial charge in [-0.15, -0.1) is 0 Å². The second-order valence-corrected chi connectivity index (χ2v) is 3.92. The van der Waals surface area contributed by atoms with Crippen molar-refractivity contribution >= 4 is 5.91 Å². The zero-order chi connectivity index (χ0) is 11.5. The van der Waals surface area contributed by atoms with Crippen molar-refractivity contribution in [3.63, 3.8) is 0 Å². The van der Waals surface area contributed by atoms with Crippen LogP contribution >= 0.6 is 0 Å². The van der Waals surface area contributed by atoms with E-state index in [1.165, 1.54) is 0 Å². The molecule has 0 atom stereocenters. The summed E-state index contributed by atoms with van der Waals surface area (Å²) in [4.78, 5) is 11.3. The van der Waals surface area contributed by atoms with E-state index in [0.717, 1.165) is 32.6 Å². The molecule has 0 aliphatic rings. The van der Waals surface area contributed by atoms with E-state index in [1.54, 1.807) is 0 Å². The summed E-state index contributed by atoms with van der Waals surface area (Å²) in [5, 5.41) is 9.33. The van der Waals surface area contributed by atoms with Crippen molar-refractivity contribution in [2.75, 3.05) is 26.2 Å². The van der Waals surface area contributed by atoms with Crippen LogP contribution in [0.1, 0.15) is 33.6 Å². The maximum atomic E-state index is 11.3. The molecule has 0 aromatic carbocycles. The lowest BCUT2D eigenvalue weighted by Crippen LogP contribution is -2.31. The molecule has 90 valence electrons. The normalized spacial score (nSPS) is 10.7. The molecule has 0 aliphatic heterocycles. The Bertz CT molecular complexity index is 160. The van der Waals surface area contributed by atoms with E-state index in [1.807, 2.05) is 0 Å². The van der Waals surface area contributed by atoms with Crippen LogP contribution in [0.2, 0.25) is 0 Å². The summed E-state index contributed by atoms with van der Waals surface area (Å²) in [5.74, 6) is 0.139. The van der Waals surface area contributed by atoms with Gasteiger partial charge in [-0.05, 0) is 19.5 Å². The number of hydrogen-bond acceptors (Lipinski definition) is 3. The first kappa shape index (κ1) is 14.4. The van der Waals surface area contributed by atoms with Crippen LogP contribution in [0.5, 0.6) is 0 Å². The Labute approximate surface area is 93.2 Å². The van der Waals surface area contributed by atoms with Crippen LogP contribution in [0, 0.1) is 0 Å². The standard InChI is InChI=1S/C11H25N3O/c1-4-12-7-5-8-14-11(15)6-9-13-10(2)3/h10,12-13H,4-9H2,1-3H3,(H,14,15). The van der Waals surface area contributed by atoms with E-state index in [4.69, 9.17) is 0 Å². The lowest BCUT2D eigenvalue weighted by Gasteiger charge is -2.08. The largest absolute Gasteiger partial charge is 0.356 e. The van der Waals surface area contributed by atoms with Crippen molar-refractivity contribution in [1.82, 2.24) is 16.0 Å². The van der Waals surface area contributed by atoms with Crippen LogP contribution in [0.3, 0.4) is 0 Å². The first-order chi connectivity index (χ1) is 7.16. The highest BCUT2D eigenvalue weighted by Gasteiger charge is 2.00. The molecule has 0 aliphatic carbocycles. The number of amides is 1. The zero-order valence-electron chi connectivity index (χ0n) is 10.2. The van der Waals surface area contributed by atoms with Crippen molar-refractivity contribution in [3.05, 3.63) is 0 Å². The molecule has 4 nitrogen and oxygen atoms in total. The van der Waals surface area contributed by atoms with Crippen molar-refractivity contribution in [1.29, 1.82) is 0 Å². The van der Waals surface area contributed by atoms with Gasteiger partial charge in [-0.1, -0.05) is 20.8 Å². The Hall–Kier alpha value is -0.610. The maximum Gasteiger partial charge on any atom is 0.221 e. The lowest BCUT2D eigenvalue weighted by atomic mass is 10.3. The van der Waals surface area contributed by atoms with E-state index in [-0.39, 0.29) is 5.91 Å². The summed E-state index contributed by atoms with van der Waals surface area (Å²) in [6, 6.07) is 0.451. The Kier molecular flexibility index (Phi) is 9.52. The summed E-state index contributed by atoms with van der Waals surface area (Å²) in [6.45, 7) is 9.73. The van der Waals surface area contributed by atoms with E-state index >= 15 is 0 Å². The molecule has 0 fully saturated rings. The number of carbonyl (C=O) groups excluding carboxylic acids is 1. The third-order valence-corrected chi connectivity index (χ3v) is 2.01. The Morgan fingerprint density at radius 3 is 2.53 bits per heavy atom. The fourth-order valence-electron chi connectivity index (χ4n) is 1.18. The molecule has 0 saturated carbocycles. The van der Waals surface area contributed by atoms with E-state index < -0.39 is 0 Å². The van der Waals surface area contributed by atoms with Crippen LogP contribution in [-0.2, 0) is 4.79 Å². The van der Waals surface area contributed by atoms with Crippen molar-refractivity contribution in [3.8, 4) is 0 Å². The van der Waals surface area contributed by atoms with Gasteiger partial charge >= 0.3 is 0 Å². The van der Waals surface area contributed by atoms with Gasteiger partial charge in [-0.25, -0.2) is 0 Å². The van der Waals surface area contributed by atoms with Crippen LogP contribution in [-0.4, -0.2) is 38.1 Å².